The Labute approximate surface area is 159 Å². The van der Waals surface area contributed by atoms with E-state index in [1.54, 1.807) is 31.2 Å². The first kappa shape index (κ1) is 18.6. The molecule has 0 aliphatic carbocycles. The number of nitrogens with one attached hydrogen (secondary N) is 1. The fraction of sp³-hybridized carbons (Fsp3) is 0.158. The molecule has 0 fully saturated rings. The van der Waals surface area contributed by atoms with E-state index in [9.17, 15) is 14.3 Å². The molecule has 26 heavy (non-hydrogen) atoms. The number of hydrogen-bond donors (Lipinski definition) is 2. The summed E-state index contributed by atoms with van der Waals surface area (Å²) in [6, 6.07) is 12.3. The number of amides is 1. The number of carbonyl (C=O) groups is 1. The van der Waals surface area contributed by atoms with Crippen molar-refractivity contribution in [2.45, 2.75) is 12.5 Å². The Kier molecular flexibility index (Phi) is 5.14. The first-order valence-electron chi connectivity index (χ1n) is 7.79. The molecule has 0 bridgehead atoms. The molecule has 134 valence electrons. The van der Waals surface area contributed by atoms with Crippen molar-refractivity contribution in [3.63, 3.8) is 0 Å². The van der Waals surface area contributed by atoms with Crippen LogP contribution in [0.2, 0.25) is 10.2 Å². The van der Waals surface area contributed by atoms with Crippen molar-refractivity contribution in [2.24, 2.45) is 0 Å². The van der Waals surface area contributed by atoms with Crippen LogP contribution in [0.15, 0.2) is 48.5 Å². The fourth-order valence-electron chi connectivity index (χ4n) is 2.53. The molecule has 2 N–H and O–H groups in total. The molecule has 1 heterocycles. The zero-order chi connectivity index (χ0) is 18.9. The van der Waals surface area contributed by atoms with Crippen molar-refractivity contribution < 1.29 is 14.3 Å². The van der Waals surface area contributed by atoms with Gasteiger partial charge in [-0.15, -0.1) is 0 Å². The average molecular weight is 393 g/mol. The molecule has 0 saturated carbocycles. The number of nitrogens with zero attached hydrogens (tertiary/aromatic N) is 1. The Morgan fingerprint density at radius 3 is 2.58 bits per heavy atom. The van der Waals surface area contributed by atoms with Crippen molar-refractivity contribution in [3.8, 4) is 0 Å². The molecule has 0 spiro atoms. The predicted octanol–water partition coefficient (Wildman–Crippen LogP) is 4.32. The van der Waals surface area contributed by atoms with E-state index in [1.165, 1.54) is 24.3 Å². The van der Waals surface area contributed by atoms with Crippen molar-refractivity contribution in [1.82, 2.24) is 10.3 Å². The van der Waals surface area contributed by atoms with Gasteiger partial charge in [0, 0.05) is 16.5 Å². The van der Waals surface area contributed by atoms with Gasteiger partial charge in [-0.1, -0.05) is 35.3 Å². The third-order valence-corrected chi connectivity index (χ3v) is 4.58. The lowest BCUT2D eigenvalue weighted by Crippen LogP contribution is -2.38. The molecule has 3 aromatic rings. The Hall–Kier alpha value is -2.21. The van der Waals surface area contributed by atoms with Gasteiger partial charge in [0.05, 0.1) is 17.6 Å². The van der Waals surface area contributed by atoms with E-state index in [-0.39, 0.29) is 17.3 Å². The molecular weight excluding hydrogens is 378 g/mol. The van der Waals surface area contributed by atoms with Crippen LogP contribution in [-0.2, 0) is 5.60 Å². The molecule has 7 heteroatoms. The van der Waals surface area contributed by atoms with Gasteiger partial charge >= 0.3 is 0 Å². The summed E-state index contributed by atoms with van der Waals surface area (Å²) in [4.78, 5) is 16.5. The lowest BCUT2D eigenvalue weighted by molar-refractivity contribution is 0.0526. The number of pyridine rings is 1. The minimum atomic E-state index is -1.29. The molecule has 2 aromatic carbocycles. The fourth-order valence-corrected chi connectivity index (χ4v) is 2.89. The minimum Gasteiger partial charge on any atom is -0.384 e. The molecule has 0 aliphatic rings. The standard InChI is InChI=1S/C19H15Cl2FN2O2/c1-19(26,12-3-5-13(20)6-4-12)10-23-18(25)15-8-11-2-7-14(22)9-16(11)24-17(15)21/h2-9,26H,10H2,1H3,(H,23,25). The summed E-state index contributed by atoms with van der Waals surface area (Å²) in [6.07, 6.45) is 0. The van der Waals surface area contributed by atoms with Crippen LogP contribution in [0.5, 0.6) is 0 Å². The summed E-state index contributed by atoms with van der Waals surface area (Å²) in [5.41, 5.74) is -0.169. The molecular formula is C19H15Cl2FN2O2. The maximum absolute atomic E-state index is 13.3. The Morgan fingerprint density at radius 2 is 1.88 bits per heavy atom. The normalized spacial score (nSPS) is 13.4. The summed E-state index contributed by atoms with van der Waals surface area (Å²) in [7, 11) is 0. The van der Waals surface area contributed by atoms with E-state index in [4.69, 9.17) is 23.2 Å². The molecule has 3 rings (SSSR count). The predicted molar refractivity (Wildman–Crippen MR) is 100 cm³/mol. The largest absolute Gasteiger partial charge is 0.384 e. The Balaban J connectivity index is 1.79. The van der Waals surface area contributed by atoms with Gasteiger partial charge in [-0.3, -0.25) is 4.79 Å². The lowest BCUT2D eigenvalue weighted by Gasteiger charge is -2.24. The monoisotopic (exact) mass is 392 g/mol. The lowest BCUT2D eigenvalue weighted by atomic mass is 9.96. The molecule has 1 unspecified atom stereocenters. The number of benzene rings is 2. The van der Waals surface area contributed by atoms with Crippen molar-refractivity contribution >= 4 is 40.0 Å². The maximum atomic E-state index is 13.3. The zero-order valence-electron chi connectivity index (χ0n) is 13.8. The second-order valence-corrected chi connectivity index (χ2v) is 6.92. The van der Waals surface area contributed by atoms with Crippen LogP contribution in [0.25, 0.3) is 10.9 Å². The highest BCUT2D eigenvalue weighted by Crippen LogP contribution is 2.24. The van der Waals surface area contributed by atoms with E-state index < -0.39 is 17.3 Å². The molecule has 0 saturated heterocycles. The second-order valence-electron chi connectivity index (χ2n) is 6.13. The zero-order valence-corrected chi connectivity index (χ0v) is 15.3. The highest BCUT2D eigenvalue weighted by atomic mass is 35.5. The molecule has 1 amide bonds. The van der Waals surface area contributed by atoms with Crippen molar-refractivity contribution in [3.05, 3.63) is 75.7 Å². The minimum absolute atomic E-state index is 0.0354. The number of aromatic nitrogens is 1. The van der Waals surface area contributed by atoms with E-state index in [1.807, 2.05) is 0 Å². The van der Waals surface area contributed by atoms with Crippen LogP contribution in [0, 0.1) is 5.82 Å². The second kappa shape index (κ2) is 7.19. The summed E-state index contributed by atoms with van der Waals surface area (Å²) in [5, 5.41) is 14.4. The first-order chi connectivity index (χ1) is 12.3. The van der Waals surface area contributed by atoms with Crippen LogP contribution in [0.1, 0.15) is 22.8 Å². The van der Waals surface area contributed by atoms with Gasteiger partial charge in [0.2, 0.25) is 0 Å². The van der Waals surface area contributed by atoms with Crippen molar-refractivity contribution in [1.29, 1.82) is 0 Å². The molecule has 1 atom stereocenters. The van der Waals surface area contributed by atoms with Gasteiger partial charge < -0.3 is 10.4 Å². The summed E-state index contributed by atoms with van der Waals surface area (Å²) >= 11 is 11.9. The van der Waals surface area contributed by atoms with Crippen LogP contribution in [0.4, 0.5) is 4.39 Å². The van der Waals surface area contributed by atoms with Gasteiger partial charge in [-0.05, 0) is 42.8 Å². The van der Waals surface area contributed by atoms with Crippen molar-refractivity contribution in [2.75, 3.05) is 6.54 Å². The number of aliphatic hydroxyl groups is 1. The number of fused-ring (bicyclic) bond motifs is 1. The Morgan fingerprint density at radius 1 is 1.19 bits per heavy atom. The molecule has 1 aromatic heterocycles. The SMILES string of the molecule is CC(O)(CNC(=O)c1cc2ccc(F)cc2nc1Cl)c1ccc(Cl)cc1. The van der Waals surface area contributed by atoms with Gasteiger partial charge in [0.1, 0.15) is 16.6 Å². The van der Waals surface area contributed by atoms with Crippen LogP contribution in [-0.4, -0.2) is 22.5 Å². The smallest absolute Gasteiger partial charge is 0.254 e. The van der Waals surface area contributed by atoms with Crippen LogP contribution < -0.4 is 5.32 Å². The number of halogens is 3. The quantitative estimate of drug-likeness (QED) is 0.649. The van der Waals surface area contributed by atoms with Gasteiger partial charge in [0.25, 0.3) is 5.91 Å². The van der Waals surface area contributed by atoms with Crippen LogP contribution in [0.3, 0.4) is 0 Å². The molecule has 0 radical (unpaired) electrons. The summed E-state index contributed by atoms with van der Waals surface area (Å²) in [6.45, 7) is 1.55. The Bertz CT molecular complexity index is 975. The molecule has 4 nitrogen and oxygen atoms in total. The van der Waals surface area contributed by atoms with E-state index in [2.05, 4.69) is 10.3 Å². The highest BCUT2D eigenvalue weighted by molar-refractivity contribution is 6.33. The third-order valence-electron chi connectivity index (χ3n) is 4.04. The van der Waals surface area contributed by atoms with Gasteiger partial charge in [-0.25, -0.2) is 9.37 Å². The summed E-state index contributed by atoms with van der Waals surface area (Å²) in [5.74, 6) is -0.916. The first-order valence-corrected chi connectivity index (χ1v) is 8.54. The van der Waals surface area contributed by atoms with Gasteiger partial charge in [0.15, 0.2) is 0 Å². The van der Waals surface area contributed by atoms with Gasteiger partial charge in [-0.2, -0.15) is 0 Å². The van der Waals surface area contributed by atoms with E-state index in [0.29, 0.717) is 21.5 Å². The topological polar surface area (TPSA) is 62.2 Å². The average Bonchev–Trinajstić information content (AvgIpc) is 2.59. The number of carbonyl (C=O) groups excluding carboxylic acids is 1. The number of rotatable bonds is 4. The number of hydrogen-bond acceptors (Lipinski definition) is 3. The highest BCUT2D eigenvalue weighted by Gasteiger charge is 2.25. The molecule has 0 aliphatic heterocycles. The van der Waals surface area contributed by atoms with E-state index >= 15 is 0 Å². The summed E-state index contributed by atoms with van der Waals surface area (Å²) < 4.78 is 13.3. The van der Waals surface area contributed by atoms with E-state index in [0.717, 1.165) is 0 Å². The maximum Gasteiger partial charge on any atom is 0.254 e. The van der Waals surface area contributed by atoms with Crippen LogP contribution >= 0.6 is 23.2 Å². The third kappa shape index (κ3) is 3.96.